The molecule has 0 aliphatic heterocycles. The van der Waals surface area contributed by atoms with Crippen LogP contribution in [0.25, 0.3) is 0 Å². The third kappa shape index (κ3) is 3.77. The summed E-state index contributed by atoms with van der Waals surface area (Å²) in [5, 5.41) is 0. The average Bonchev–Trinajstić information content (AvgIpc) is 2.81. The molecule has 0 atom stereocenters. The largest absolute Gasteiger partial charge is 0.469 e. The number of alkyl halides is 3. The van der Waals surface area contributed by atoms with Crippen LogP contribution in [0.4, 0.5) is 13.2 Å². The van der Waals surface area contributed by atoms with Crippen LogP contribution in [0, 0.1) is 5.41 Å². The molecular weight excluding hydrogens is 217 g/mol. The van der Waals surface area contributed by atoms with E-state index in [-0.39, 0.29) is 23.9 Å². The standard InChI is InChI=1S/C8H11F3O2S/c1-13-6(12)4-7(2-3-7)5-14-8(9,10)11/h2-5H2,1H3. The van der Waals surface area contributed by atoms with E-state index in [4.69, 9.17) is 0 Å². The molecule has 0 saturated heterocycles. The van der Waals surface area contributed by atoms with Gasteiger partial charge in [-0.1, -0.05) is 11.8 Å². The first-order valence-corrected chi connectivity index (χ1v) is 5.13. The van der Waals surface area contributed by atoms with Crippen LogP contribution in [-0.2, 0) is 9.53 Å². The minimum Gasteiger partial charge on any atom is -0.469 e. The Morgan fingerprint density at radius 1 is 1.50 bits per heavy atom. The number of thioether (sulfide) groups is 1. The SMILES string of the molecule is COC(=O)CC1(CSC(F)(F)F)CC1. The van der Waals surface area contributed by atoms with Gasteiger partial charge in [-0.15, -0.1) is 0 Å². The van der Waals surface area contributed by atoms with Gasteiger partial charge in [0.25, 0.3) is 0 Å². The molecule has 0 aromatic rings. The minimum absolute atomic E-state index is 0.0361. The molecule has 1 aliphatic carbocycles. The predicted molar refractivity (Wildman–Crippen MR) is 46.8 cm³/mol. The van der Waals surface area contributed by atoms with Crippen molar-refractivity contribution >= 4 is 17.7 Å². The zero-order chi connectivity index (χ0) is 10.8. The molecule has 0 radical (unpaired) electrons. The Bertz CT molecular complexity index is 223. The molecule has 14 heavy (non-hydrogen) atoms. The fourth-order valence-corrected chi connectivity index (χ4v) is 2.02. The molecule has 0 aromatic heterocycles. The van der Waals surface area contributed by atoms with Crippen LogP contribution in [0.3, 0.4) is 0 Å². The normalized spacial score (nSPS) is 19.1. The summed E-state index contributed by atoms with van der Waals surface area (Å²) in [4.78, 5) is 10.9. The van der Waals surface area contributed by atoms with E-state index in [1.807, 2.05) is 0 Å². The van der Waals surface area contributed by atoms with Gasteiger partial charge < -0.3 is 4.74 Å². The maximum Gasteiger partial charge on any atom is 0.441 e. The Labute approximate surface area is 84.2 Å². The monoisotopic (exact) mass is 228 g/mol. The lowest BCUT2D eigenvalue weighted by molar-refractivity contribution is -0.141. The fraction of sp³-hybridized carbons (Fsp3) is 0.875. The topological polar surface area (TPSA) is 26.3 Å². The maximum absolute atomic E-state index is 11.9. The first-order chi connectivity index (χ1) is 6.37. The third-order valence-corrected chi connectivity index (χ3v) is 3.33. The number of methoxy groups -OCH3 is 1. The first kappa shape index (κ1) is 11.7. The second-order valence-corrected chi connectivity index (χ2v) is 4.53. The molecule has 1 saturated carbocycles. The number of rotatable bonds is 4. The number of carbonyl (C=O) groups excluding carboxylic acids is 1. The van der Waals surface area contributed by atoms with E-state index < -0.39 is 16.9 Å². The molecule has 0 spiro atoms. The zero-order valence-corrected chi connectivity index (χ0v) is 8.50. The summed E-state index contributed by atoms with van der Waals surface area (Å²) in [6, 6.07) is 0. The summed E-state index contributed by atoms with van der Waals surface area (Å²) in [5.41, 5.74) is -4.65. The number of carbonyl (C=O) groups is 1. The van der Waals surface area contributed by atoms with Crippen molar-refractivity contribution in [2.45, 2.75) is 24.8 Å². The van der Waals surface area contributed by atoms with Gasteiger partial charge in [0.1, 0.15) is 0 Å². The molecule has 1 fully saturated rings. The molecule has 0 bridgehead atoms. The molecule has 0 N–H and O–H groups in total. The Morgan fingerprint density at radius 3 is 2.43 bits per heavy atom. The van der Waals surface area contributed by atoms with Crippen LogP contribution in [-0.4, -0.2) is 24.3 Å². The number of halogens is 3. The molecule has 0 unspecified atom stereocenters. The van der Waals surface area contributed by atoms with Gasteiger partial charge >= 0.3 is 11.5 Å². The van der Waals surface area contributed by atoms with Gasteiger partial charge in [-0.25, -0.2) is 0 Å². The summed E-state index contributed by atoms with van der Waals surface area (Å²) in [5.74, 6) is -0.462. The van der Waals surface area contributed by atoms with E-state index in [1.54, 1.807) is 0 Å². The van der Waals surface area contributed by atoms with Gasteiger partial charge in [0, 0.05) is 5.75 Å². The number of hydrogen-bond donors (Lipinski definition) is 0. The van der Waals surface area contributed by atoms with Crippen LogP contribution in [0.5, 0.6) is 0 Å². The van der Waals surface area contributed by atoms with Crippen LogP contribution >= 0.6 is 11.8 Å². The summed E-state index contributed by atoms with van der Waals surface area (Å²) in [6.45, 7) is 0. The maximum atomic E-state index is 11.9. The van der Waals surface area contributed by atoms with E-state index in [9.17, 15) is 18.0 Å². The van der Waals surface area contributed by atoms with Crippen molar-refractivity contribution in [3.05, 3.63) is 0 Å². The van der Waals surface area contributed by atoms with E-state index in [1.165, 1.54) is 7.11 Å². The molecule has 2 nitrogen and oxygen atoms in total. The van der Waals surface area contributed by atoms with Gasteiger partial charge in [0.05, 0.1) is 13.5 Å². The minimum atomic E-state index is -4.20. The van der Waals surface area contributed by atoms with Crippen molar-refractivity contribution in [3.8, 4) is 0 Å². The van der Waals surface area contributed by atoms with Gasteiger partial charge in [0.2, 0.25) is 0 Å². The molecule has 6 heteroatoms. The highest BCUT2D eigenvalue weighted by molar-refractivity contribution is 8.00. The van der Waals surface area contributed by atoms with Crippen molar-refractivity contribution in [1.29, 1.82) is 0 Å². The van der Waals surface area contributed by atoms with E-state index >= 15 is 0 Å². The Kier molecular flexibility index (Phi) is 3.34. The van der Waals surface area contributed by atoms with E-state index in [0.29, 0.717) is 12.8 Å². The van der Waals surface area contributed by atoms with Gasteiger partial charge in [-0.2, -0.15) is 13.2 Å². The molecule has 82 valence electrons. The number of esters is 1. The van der Waals surface area contributed by atoms with Crippen LogP contribution < -0.4 is 0 Å². The Hall–Kier alpha value is -0.390. The Morgan fingerprint density at radius 2 is 2.07 bits per heavy atom. The fourth-order valence-electron chi connectivity index (χ4n) is 1.16. The van der Waals surface area contributed by atoms with Crippen molar-refractivity contribution in [2.75, 3.05) is 12.9 Å². The Balaban J connectivity index is 2.33. The van der Waals surface area contributed by atoms with Crippen LogP contribution in [0.2, 0.25) is 0 Å². The molecule has 0 amide bonds. The smallest absolute Gasteiger partial charge is 0.441 e. The first-order valence-electron chi connectivity index (χ1n) is 4.14. The highest BCUT2D eigenvalue weighted by Crippen LogP contribution is 2.53. The molecule has 1 aliphatic rings. The molecular formula is C8H11F3O2S. The van der Waals surface area contributed by atoms with Crippen molar-refractivity contribution in [3.63, 3.8) is 0 Å². The quantitative estimate of drug-likeness (QED) is 0.692. The average molecular weight is 228 g/mol. The van der Waals surface area contributed by atoms with Gasteiger partial charge in [-0.05, 0) is 18.3 Å². The van der Waals surface area contributed by atoms with Crippen molar-refractivity contribution < 1.29 is 22.7 Å². The highest BCUT2D eigenvalue weighted by atomic mass is 32.2. The zero-order valence-electron chi connectivity index (χ0n) is 7.69. The lowest BCUT2D eigenvalue weighted by Gasteiger charge is -2.13. The molecule has 1 rings (SSSR count). The summed E-state index contributed by atoms with van der Waals surface area (Å²) >= 11 is -0.0523. The van der Waals surface area contributed by atoms with Crippen LogP contribution in [0.1, 0.15) is 19.3 Å². The summed E-state index contributed by atoms with van der Waals surface area (Å²) < 4.78 is 40.1. The second-order valence-electron chi connectivity index (χ2n) is 3.49. The molecule has 0 aromatic carbocycles. The number of ether oxygens (including phenoxy) is 1. The third-order valence-electron chi connectivity index (χ3n) is 2.25. The van der Waals surface area contributed by atoms with E-state index in [0.717, 1.165) is 0 Å². The van der Waals surface area contributed by atoms with Gasteiger partial charge in [-0.3, -0.25) is 4.79 Å². The van der Waals surface area contributed by atoms with Crippen LogP contribution in [0.15, 0.2) is 0 Å². The number of hydrogen-bond acceptors (Lipinski definition) is 3. The van der Waals surface area contributed by atoms with Gasteiger partial charge in [0.15, 0.2) is 0 Å². The highest BCUT2D eigenvalue weighted by Gasteiger charge is 2.47. The summed E-state index contributed by atoms with van der Waals surface area (Å²) in [6.07, 6.45) is 1.48. The summed E-state index contributed by atoms with van der Waals surface area (Å²) in [7, 11) is 1.25. The predicted octanol–water partition coefficient (Wildman–Crippen LogP) is 2.58. The lowest BCUT2D eigenvalue weighted by atomic mass is 10.1. The second kappa shape index (κ2) is 4.00. The lowest BCUT2D eigenvalue weighted by Crippen LogP contribution is -2.15. The van der Waals surface area contributed by atoms with Crippen molar-refractivity contribution in [2.24, 2.45) is 5.41 Å². The molecule has 0 heterocycles. The van der Waals surface area contributed by atoms with E-state index in [2.05, 4.69) is 4.74 Å². The van der Waals surface area contributed by atoms with Crippen molar-refractivity contribution in [1.82, 2.24) is 0 Å².